The van der Waals surface area contributed by atoms with Crippen molar-refractivity contribution >= 4 is 28.3 Å². The monoisotopic (exact) mass is 496 g/mol. The smallest absolute Gasteiger partial charge is 0.280 e. The number of nitrogens with one attached hydrogen (secondary N) is 2. The highest BCUT2D eigenvalue weighted by molar-refractivity contribution is 7.16. The minimum Gasteiger partial charge on any atom is -0.494 e. The van der Waals surface area contributed by atoms with Crippen molar-refractivity contribution < 1.29 is 23.1 Å². The van der Waals surface area contributed by atoms with Gasteiger partial charge in [0.25, 0.3) is 12.3 Å². The second-order valence-electron chi connectivity index (χ2n) is 7.87. The minimum absolute atomic E-state index is 0.0516. The van der Waals surface area contributed by atoms with E-state index in [1.165, 1.54) is 37.8 Å². The highest BCUT2D eigenvalue weighted by Crippen LogP contribution is 2.36. The molecule has 1 aliphatic rings. The lowest BCUT2D eigenvalue weighted by Crippen LogP contribution is -2.20. The van der Waals surface area contributed by atoms with Crippen molar-refractivity contribution in [3.05, 3.63) is 58.4 Å². The van der Waals surface area contributed by atoms with E-state index in [0.717, 1.165) is 17.7 Å². The number of thiazole rings is 1. The van der Waals surface area contributed by atoms with Crippen LogP contribution in [0.3, 0.4) is 0 Å². The van der Waals surface area contributed by atoms with Crippen molar-refractivity contribution in [2.24, 2.45) is 5.92 Å². The number of anilines is 1. The van der Waals surface area contributed by atoms with Crippen LogP contribution < -0.4 is 15.4 Å². The summed E-state index contributed by atoms with van der Waals surface area (Å²) in [5.74, 6) is 6.15. The van der Waals surface area contributed by atoms with Gasteiger partial charge in [0.1, 0.15) is 11.4 Å². The number of pyridine rings is 1. The number of likely N-dealkylation sites (N-methyl/N-ethyl adjacent to an activating group) is 1. The Balaban J connectivity index is 1.71. The number of aromatic nitrogens is 2. The SMILES string of the molecule is CNC(=O)Cc1ccc(C(=O)Nc2ncc(C#CC3CC3)s2)c(-c2cc(C(F)F)ncc2OC)c1. The van der Waals surface area contributed by atoms with E-state index in [-0.39, 0.29) is 29.2 Å². The molecule has 4 rings (SSSR count). The first-order chi connectivity index (χ1) is 16.9. The van der Waals surface area contributed by atoms with E-state index in [4.69, 9.17) is 4.74 Å². The van der Waals surface area contributed by atoms with E-state index in [1.807, 2.05) is 0 Å². The van der Waals surface area contributed by atoms with Crippen LogP contribution in [-0.2, 0) is 11.2 Å². The molecule has 1 fully saturated rings. The van der Waals surface area contributed by atoms with E-state index < -0.39 is 18.0 Å². The van der Waals surface area contributed by atoms with E-state index in [9.17, 15) is 18.4 Å². The maximum Gasteiger partial charge on any atom is 0.280 e. The fraction of sp³-hybridized carbons (Fsp3) is 0.280. The molecule has 0 atom stereocenters. The molecule has 180 valence electrons. The zero-order valence-corrected chi connectivity index (χ0v) is 19.8. The molecule has 0 unspecified atom stereocenters. The van der Waals surface area contributed by atoms with Gasteiger partial charge in [-0.3, -0.25) is 19.9 Å². The van der Waals surface area contributed by atoms with Gasteiger partial charge >= 0.3 is 0 Å². The number of benzene rings is 1. The third-order valence-corrected chi connectivity index (χ3v) is 6.13. The van der Waals surface area contributed by atoms with Crippen molar-refractivity contribution in [2.75, 3.05) is 19.5 Å². The summed E-state index contributed by atoms with van der Waals surface area (Å²) in [4.78, 5) is 33.9. The molecule has 7 nitrogen and oxygen atoms in total. The van der Waals surface area contributed by atoms with Gasteiger partial charge in [-0.1, -0.05) is 29.2 Å². The lowest BCUT2D eigenvalue weighted by molar-refractivity contribution is -0.119. The Kier molecular flexibility index (Phi) is 7.36. The molecule has 0 bridgehead atoms. The van der Waals surface area contributed by atoms with Crippen LogP contribution in [0.25, 0.3) is 11.1 Å². The third kappa shape index (κ3) is 6.00. The molecular formula is C25H22F2N4O3S. The quantitative estimate of drug-likeness (QED) is 0.472. The maximum absolute atomic E-state index is 13.4. The summed E-state index contributed by atoms with van der Waals surface area (Å²) in [6.07, 6.45) is 2.26. The molecule has 3 aromatic rings. The van der Waals surface area contributed by atoms with Crippen molar-refractivity contribution in [3.63, 3.8) is 0 Å². The van der Waals surface area contributed by atoms with Crippen molar-refractivity contribution in [2.45, 2.75) is 25.7 Å². The molecular weight excluding hydrogens is 474 g/mol. The number of rotatable bonds is 7. The summed E-state index contributed by atoms with van der Waals surface area (Å²) in [6, 6.07) is 6.00. The summed E-state index contributed by atoms with van der Waals surface area (Å²) in [5, 5.41) is 5.66. The number of carbonyl (C=O) groups excluding carboxylic acids is 2. The number of hydrogen-bond donors (Lipinski definition) is 2. The summed E-state index contributed by atoms with van der Waals surface area (Å²) in [7, 11) is 2.90. The first-order valence-corrected chi connectivity index (χ1v) is 11.6. The Morgan fingerprint density at radius 1 is 1.20 bits per heavy atom. The lowest BCUT2D eigenvalue weighted by Gasteiger charge is -2.15. The van der Waals surface area contributed by atoms with Gasteiger partial charge in [0.15, 0.2) is 5.13 Å². The Labute approximate surface area is 205 Å². The maximum atomic E-state index is 13.4. The fourth-order valence-corrected chi connectivity index (χ4v) is 3.98. The number of halogens is 2. The van der Waals surface area contributed by atoms with Gasteiger partial charge in [-0.25, -0.2) is 13.8 Å². The van der Waals surface area contributed by atoms with Gasteiger partial charge in [0, 0.05) is 24.1 Å². The molecule has 2 heterocycles. The van der Waals surface area contributed by atoms with Crippen molar-refractivity contribution in [1.29, 1.82) is 0 Å². The Morgan fingerprint density at radius 2 is 2.00 bits per heavy atom. The highest BCUT2D eigenvalue weighted by Gasteiger charge is 2.21. The molecule has 1 aliphatic carbocycles. The van der Waals surface area contributed by atoms with Crippen molar-refractivity contribution in [3.8, 4) is 28.7 Å². The molecule has 2 aromatic heterocycles. The zero-order chi connectivity index (χ0) is 24.9. The van der Waals surface area contributed by atoms with Crippen LogP contribution in [-0.4, -0.2) is 35.9 Å². The predicted molar refractivity (Wildman–Crippen MR) is 129 cm³/mol. The van der Waals surface area contributed by atoms with E-state index in [1.54, 1.807) is 24.4 Å². The number of carbonyl (C=O) groups is 2. The average Bonchev–Trinajstić information content (AvgIpc) is 3.59. The fourth-order valence-electron chi connectivity index (χ4n) is 3.30. The van der Waals surface area contributed by atoms with Gasteiger partial charge in [0.05, 0.1) is 30.8 Å². The normalized spacial score (nSPS) is 12.6. The van der Waals surface area contributed by atoms with Gasteiger partial charge in [-0.15, -0.1) is 0 Å². The molecule has 2 N–H and O–H groups in total. The zero-order valence-electron chi connectivity index (χ0n) is 19.0. The summed E-state index contributed by atoms with van der Waals surface area (Å²) < 4.78 is 32.2. The predicted octanol–water partition coefficient (Wildman–Crippen LogP) is 4.45. The van der Waals surface area contributed by atoms with Crippen LogP contribution in [0.4, 0.5) is 13.9 Å². The molecule has 1 aromatic carbocycles. The molecule has 1 saturated carbocycles. The molecule has 0 spiro atoms. The lowest BCUT2D eigenvalue weighted by atomic mass is 9.95. The molecule has 2 amide bonds. The van der Waals surface area contributed by atoms with Gasteiger partial charge < -0.3 is 10.1 Å². The van der Waals surface area contributed by atoms with E-state index >= 15 is 0 Å². The minimum atomic E-state index is -2.81. The van der Waals surface area contributed by atoms with Gasteiger partial charge in [0.2, 0.25) is 5.91 Å². The average molecular weight is 497 g/mol. The van der Waals surface area contributed by atoms with Crippen molar-refractivity contribution in [1.82, 2.24) is 15.3 Å². The van der Waals surface area contributed by atoms with Crippen LogP contribution in [0.2, 0.25) is 0 Å². The molecule has 0 radical (unpaired) electrons. The van der Waals surface area contributed by atoms with Crippen LogP contribution in [0.5, 0.6) is 5.75 Å². The number of amides is 2. The number of hydrogen-bond acceptors (Lipinski definition) is 6. The second kappa shape index (κ2) is 10.6. The first-order valence-electron chi connectivity index (χ1n) is 10.8. The summed E-state index contributed by atoms with van der Waals surface area (Å²) in [6.45, 7) is 0. The van der Waals surface area contributed by atoms with E-state index in [2.05, 4.69) is 32.4 Å². The highest BCUT2D eigenvalue weighted by atomic mass is 32.1. The van der Waals surface area contributed by atoms with Gasteiger partial charge in [-0.2, -0.15) is 0 Å². The molecule has 10 heteroatoms. The largest absolute Gasteiger partial charge is 0.494 e. The van der Waals surface area contributed by atoms with Crippen LogP contribution in [0.15, 0.2) is 36.7 Å². The van der Waals surface area contributed by atoms with Crippen LogP contribution in [0, 0.1) is 17.8 Å². The van der Waals surface area contributed by atoms with Crippen LogP contribution in [0.1, 0.15) is 45.8 Å². The number of alkyl halides is 2. The summed E-state index contributed by atoms with van der Waals surface area (Å²) in [5.41, 5.74) is 0.936. The molecule has 0 saturated heterocycles. The third-order valence-electron chi connectivity index (χ3n) is 5.30. The standard InChI is InChI=1S/C25H22F2N4O3S/c1-28-22(32)10-15-6-8-17(18(9-15)19-11-20(23(26)27)29-13-21(19)34-2)24(33)31-25-30-12-16(35-25)7-5-14-3-4-14/h6,8-9,11-14,23H,3-4,10H2,1-2H3,(H,28,32)(H,30,31,33). The topological polar surface area (TPSA) is 93.2 Å². The Bertz CT molecular complexity index is 1330. The summed E-state index contributed by atoms with van der Waals surface area (Å²) >= 11 is 1.25. The molecule has 35 heavy (non-hydrogen) atoms. The Hall–Kier alpha value is -3.84. The number of ether oxygens (including phenoxy) is 1. The molecule has 0 aliphatic heterocycles. The van der Waals surface area contributed by atoms with Gasteiger partial charge in [-0.05, 0) is 42.2 Å². The van der Waals surface area contributed by atoms with Crippen LogP contribution >= 0.6 is 11.3 Å². The number of methoxy groups -OCH3 is 1. The Morgan fingerprint density at radius 3 is 2.69 bits per heavy atom. The van der Waals surface area contributed by atoms with E-state index in [0.29, 0.717) is 22.2 Å². The number of nitrogens with zero attached hydrogens (tertiary/aromatic N) is 2. The second-order valence-corrected chi connectivity index (χ2v) is 8.90. The first kappa shape index (κ1) is 24.3.